The monoisotopic (exact) mass is 328 g/mol. The van der Waals surface area contributed by atoms with Crippen LogP contribution in [-0.2, 0) is 0 Å². The Morgan fingerprint density at radius 1 is 1.37 bits per heavy atom. The lowest BCUT2D eigenvalue weighted by Crippen LogP contribution is -2.58. The summed E-state index contributed by atoms with van der Waals surface area (Å²) in [5.41, 5.74) is 0.0471. The number of benzene rings is 1. The lowest BCUT2D eigenvalue weighted by Gasteiger charge is -2.45. The first kappa shape index (κ1) is 14.5. The number of rotatable bonds is 1. The number of likely N-dealkylation sites (N-methyl/N-ethyl adjacent to an activating group) is 1. The van der Waals surface area contributed by atoms with E-state index in [1.807, 2.05) is 7.05 Å². The van der Waals surface area contributed by atoms with Crippen LogP contribution >= 0.6 is 15.9 Å². The van der Waals surface area contributed by atoms with Crippen molar-refractivity contribution in [1.29, 1.82) is 0 Å². The van der Waals surface area contributed by atoms with Crippen molar-refractivity contribution < 1.29 is 9.18 Å². The van der Waals surface area contributed by atoms with Gasteiger partial charge >= 0.3 is 0 Å². The molecule has 5 heteroatoms. The van der Waals surface area contributed by atoms with E-state index in [1.165, 1.54) is 6.07 Å². The van der Waals surface area contributed by atoms with Gasteiger partial charge in [0.05, 0.1) is 5.56 Å². The first-order valence-corrected chi connectivity index (χ1v) is 7.06. The summed E-state index contributed by atoms with van der Waals surface area (Å²) in [5.74, 6) is -0.704. The molecule has 19 heavy (non-hydrogen) atoms. The van der Waals surface area contributed by atoms with Crippen LogP contribution in [0.2, 0.25) is 0 Å². The number of hydrogen-bond acceptors (Lipinski definition) is 2. The predicted molar refractivity (Wildman–Crippen MR) is 76.7 cm³/mol. The van der Waals surface area contributed by atoms with Crippen LogP contribution in [0.5, 0.6) is 0 Å². The van der Waals surface area contributed by atoms with Gasteiger partial charge in [0.2, 0.25) is 0 Å². The fraction of sp³-hybridized carbons (Fsp3) is 0.500. The molecule has 0 spiro atoms. The molecule has 1 aromatic carbocycles. The predicted octanol–water partition coefficient (Wildman–Crippen LogP) is 2.75. The molecule has 0 aliphatic carbocycles. The van der Waals surface area contributed by atoms with E-state index in [2.05, 4.69) is 34.7 Å². The second-order valence-corrected chi connectivity index (χ2v) is 6.50. The third-order valence-electron chi connectivity index (χ3n) is 3.76. The molecule has 0 bridgehead atoms. The number of hydrogen-bond donors (Lipinski definition) is 0. The van der Waals surface area contributed by atoms with Crippen LogP contribution in [0.4, 0.5) is 4.39 Å². The van der Waals surface area contributed by atoms with Gasteiger partial charge in [-0.1, -0.05) is 15.9 Å². The molecular formula is C14H18BrFN2O. The lowest BCUT2D eigenvalue weighted by molar-refractivity contribution is 0.0308. The highest BCUT2D eigenvalue weighted by molar-refractivity contribution is 9.10. The van der Waals surface area contributed by atoms with E-state index >= 15 is 0 Å². The van der Waals surface area contributed by atoms with Crippen LogP contribution in [0.1, 0.15) is 24.2 Å². The number of nitrogens with zero attached hydrogens (tertiary/aromatic N) is 2. The van der Waals surface area contributed by atoms with Crippen LogP contribution < -0.4 is 0 Å². The first-order chi connectivity index (χ1) is 8.81. The molecule has 3 nitrogen and oxygen atoms in total. The summed E-state index contributed by atoms with van der Waals surface area (Å²) in [6, 6.07) is 4.46. The molecule has 1 fully saturated rings. The number of carbonyl (C=O) groups is 1. The van der Waals surface area contributed by atoms with Crippen molar-refractivity contribution >= 4 is 21.8 Å². The fourth-order valence-corrected chi connectivity index (χ4v) is 2.61. The third kappa shape index (κ3) is 2.98. The number of amides is 1. The van der Waals surface area contributed by atoms with E-state index in [1.54, 1.807) is 17.0 Å². The molecule has 0 saturated carbocycles. The van der Waals surface area contributed by atoms with Crippen molar-refractivity contribution in [3.8, 4) is 0 Å². The molecule has 1 aromatic rings. The number of halogens is 2. The molecule has 1 saturated heterocycles. The van der Waals surface area contributed by atoms with Gasteiger partial charge in [0, 0.05) is 29.6 Å². The Labute approximate surface area is 121 Å². The van der Waals surface area contributed by atoms with Gasteiger partial charge in [-0.2, -0.15) is 0 Å². The van der Waals surface area contributed by atoms with Gasteiger partial charge in [-0.3, -0.25) is 9.69 Å². The molecule has 0 atom stereocenters. The van der Waals surface area contributed by atoms with Crippen molar-refractivity contribution in [2.75, 3.05) is 26.7 Å². The lowest BCUT2D eigenvalue weighted by atomic mass is 9.99. The summed E-state index contributed by atoms with van der Waals surface area (Å²) < 4.78 is 14.5. The quantitative estimate of drug-likeness (QED) is 0.791. The van der Waals surface area contributed by atoms with Crippen molar-refractivity contribution in [2.24, 2.45) is 0 Å². The maximum absolute atomic E-state index is 13.8. The maximum Gasteiger partial charge on any atom is 0.256 e. The van der Waals surface area contributed by atoms with Crippen LogP contribution in [0.3, 0.4) is 0 Å². The Morgan fingerprint density at radius 2 is 2.05 bits per heavy atom. The average molecular weight is 329 g/mol. The molecule has 1 aliphatic heterocycles. The van der Waals surface area contributed by atoms with Gasteiger partial charge in [0.25, 0.3) is 5.91 Å². The minimum Gasteiger partial charge on any atom is -0.335 e. The largest absolute Gasteiger partial charge is 0.335 e. The second kappa shape index (κ2) is 5.21. The van der Waals surface area contributed by atoms with Gasteiger partial charge in [-0.25, -0.2) is 4.39 Å². The van der Waals surface area contributed by atoms with Crippen molar-refractivity contribution in [3.63, 3.8) is 0 Å². The summed E-state index contributed by atoms with van der Waals surface area (Å²) in [6.07, 6.45) is 0. The third-order valence-corrected chi connectivity index (χ3v) is 4.26. The van der Waals surface area contributed by atoms with Gasteiger partial charge < -0.3 is 4.90 Å². The van der Waals surface area contributed by atoms with Crippen LogP contribution in [0.25, 0.3) is 0 Å². The highest BCUT2D eigenvalue weighted by Crippen LogP contribution is 2.22. The molecule has 0 radical (unpaired) electrons. The van der Waals surface area contributed by atoms with Gasteiger partial charge in [-0.15, -0.1) is 0 Å². The smallest absolute Gasteiger partial charge is 0.256 e. The molecule has 0 N–H and O–H groups in total. The zero-order valence-electron chi connectivity index (χ0n) is 11.4. The summed E-state index contributed by atoms with van der Waals surface area (Å²) in [7, 11) is 2.04. The van der Waals surface area contributed by atoms with Gasteiger partial charge in [0.1, 0.15) is 5.82 Å². The van der Waals surface area contributed by atoms with E-state index in [0.717, 1.165) is 6.54 Å². The maximum atomic E-state index is 13.8. The minimum absolute atomic E-state index is 0.0869. The first-order valence-electron chi connectivity index (χ1n) is 6.27. The fourth-order valence-electron chi connectivity index (χ4n) is 2.25. The standard InChI is InChI=1S/C14H18BrFN2O/c1-14(2)9-18(7-6-17(14)3)13(19)11-8-10(15)4-5-12(11)16/h4-5,8H,6-7,9H2,1-3H3. The summed E-state index contributed by atoms with van der Waals surface area (Å²) >= 11 is 3.27. The van der Waals surface area contributed by atoms with E-state index in [9.17, 15) is 9.18 Å². The molecule has 104 valence electrons. The Balaban J connectivity index is 2.23. The van der Waals surface area contributed by atoms with Crippen molar-refractivity contribution in [3.05, 3.63) is 34.1 Å². The molecule has 0 aromatic heterocycles. The zero-order valence-corrected chi connectivity index (χ0v) is 13.0. The van der Waals surface area contributed by atoms with Crippen LogP contribution in [0, 0.1) is 5.82 Å². The summed E-state index contributed by atoms with van der Waals surface area (Å²) in [4.78, 5) is 16.4. The molecule has 1 aliphatic rings. The summed E-state index contributed by atoms with van der Waals surface area (Å²) in [5, 5.41) is 0. The molecule has 1 heterocycles. The molecule has 0 unspecified atom stereocenters. The van der Waals surface area contributed by atoms with E-state index in [-0.39, 0.29) is 17.0 Å². The van der Waals surface area contributed by atoms with Crippen LogP contribution in [-0.4, -0.2) is 47.9 Å². The van der Waals surface area contributed by atoms with E-state index < -0.39 is 5.82 Å². The minimum atomic E-state index is -0.468. The Kier molecular flexibility index (Phi) is 3.97. The van der Waals surface area contributed by atoms with E-state index in [4.69, 9.17) is 0 Å². The summed E-state index contributed by atoms with van der Waals surface area (Å²) in [6.45, 7) is 6.21. The zero-order chi connectivity index (χ0) is 14.2. The highest BCUT2D eigenvalue weighted by Gasteiger charge is 2.34. The Hall–Kier alpha value is -0.940. The average Bonchev–Trinajstić information content (AvgIpc) is 2.35. The Bertz CT molecular complexity index is 504. The second-order valence-electron chi connectivity index (χ2n) is 5.58. The topological polar surface area (TPSA) is 23.6 Å². The normalized spacial score (nSPS) is 19.5. The molecule has 1 amide bonds. The Morgan fingerprint density at radius 3 is 2.68 bits per heavy atom. The van der Waals surface area contributed by atoms with Gasteiger partial charge in [-0.05, 0) is 39.1 Å². The van der Waals surface area contributed by atoms with E-state index in [0.29, 0.717) is 17.6 Å². The van der Waals surface area contributed by atoms with Crippen molar-refractivity contribution in [1.82, 2.24) is 9.80 Å². The van der Waals surface area contributed by atoms with Gasteiger partial charge in [0.15, 0.2) is 0 Å². The number of carbonyl (C=O) groups excluding carboxylic acids is 1. The number of piperazine rings is 1. The SMILES string of the molecule is CN1CCN(C(=O)c2cc(Br)ccc2F)CC1(C)C. The molecular weight excluding hydrogens is 311 g/mol. The highest BCUT2D eigenvalue weighted by atomic mass is 79.9. The van der Waals surface area contributed by atoms with Crippen LogP contribution in [0.15, 0.2) is 22.7 Å². The van der Waals surface area contributed by atoms with Crippen molar-refractivity contribution in [2.45, 2.75) is 19.4 Å². The molecule has 2 rings (SSSR count).